The second-order valence-electron chi connectivity index (χ2n) is 5.99. The first-order valence-electron chi connectivity index (χ1n) is 6.99. The van der Waals surface area contributed by atoms with E-state index in [4.69, 9.17) is 0 Å². The molecule has 1 aromatic rings. The van der Waals surface area contributed by atoms with Gasteiger partial charge in [0, 0.05) is 25.9 Å². The van der Waals surface area contributed by atoms with Crippen molar-refractivity contribution >= 4 is 11.9 Å². The van der Waals surface area contributed by atoms with E-state index < -0.39 is 29.6 Å². The number of likely N-dealkylation sites (N-methyl/N-ethyl adjacent to an activating group) is 1. The van der Waals surface area contributed by atoms with Crippen LogP contribution in [0.25, 0.3) is 0 Å². The number of alkyl halides is 1. The largest absolute Gasteiger partial charge is 0.326 e. The Morgan fingerprint density at radius 2 is 1.76 bits per heavy atom. The van der Waals surface area contributed by atoms with Crippen LogP contribution in [0, 0.1) is 0 Å². The number of carbonyl (C=O) groups excluding carboxylic acids is 2. The molecule has 3 amide bonds. The zero-order valence-electron chi connectivity index (χ0n) is 11.8. The fourth-order valence-corrected chi connectivity index (χ4v) is 4.10. The molecule has 0 spiro atoms. The number of benzene rings is 1. The maximum atomic E-state index is 15.8. The van der Waals surface area contributed by atoms with Crippen LogP contribution in [0.1, 0.15) is 23.0 Å². The molecule has 21 heavy (non-hydrogen) atoms. The van der Waals surface area contributed by atoms with Gasteiger partial charge in [0.1, 0.15) is 0 Å². The number of halogens is 1. The van der Waals surface area contributed by atoms with Gasteiger partial charge in [0.25, 0.3) is 5.91 Å². The van der Waals surface area contributed by atoms with Crippen molar-refractivity contribution in [2.45, 2.75) is 23.5 Å². The first kappa shape index (κ1) is 12.6. The van der Waals surface area contributed by atoms with Gasteiger partial charge in [-0.2, -0.15) is 0 Å². The molecule has 0 radical (unpaired) electrons. The van der Waals surface area contributed by atoms with Crippen molar-refractivity contribution in [3.05, 3.63) is 47.5 Å². The molecular weight excluding hydrogens is 271 g/mol. The van der Waals surface area contributed by atoms with Crippen LogP contribution in [0.4, 0.5) is 9.18 Å². The van der Waals surface area contributed by atoms with Gasteiger partial charge in [-0.25, -0.2) is 9.18 Å². The Labute approximate surface area is 121 Å². The molecule has 0 saturated carbocycles. The van der Waals surface area contributed by atoms with Crippen molar-refractivity contribution in [2.75, 3.05) is 14.1 Å². The van der Waals surface area contributed by atoms with E-state index in [2.05, 4.69) is 0 Å². The number of carbonyl (C=O) groups is 2. The Hall–Kier alpha value is -2.17. The van der Waals surface area contributed by atoms with Gasteiger partial charge in [0.15, 0.2) is 0 Å². The smallest absolute Gasteiger partial charge is 0.320 e. The Kier molecular flexibility index (Phi) is 2.23. The highest BCUT2D eigenvalue weighted by Crippen LogP contribution is 2.55. The highest BCUT2D eigenvalue weighted by atomic mass is 19.1. The fraction of sp³-hybridized carbons (Fsp3) is 0.375. The van der Waals surface area contributed by atoms with E-state index in [0.717, 1.165) is 16.0 Å². The summed E-state index contributed by atoms with van der Waals surface area (Å²) in [5.74, 6) is -1.64. The van der Waals surface area contributed by atoms with Crippen LogP contribution in [0.15, 0.2) is 36.4 Å². The molecule has 108 valence electrons. The lowest BCUT2D eigenvalue weighted by Crippen LogP contribution is -2.72. The molecule has 5 heteroatoms. The van der Waals surface area contributed by atoms with Crippen molar-refractivity contribution in [1.29, 1.82) is 0 Å². The number of amides is 3. The fourth-order valence-electron chi connectivity index (χ4n) is 4.10. The average molecular weight is 286 g/mol. The summed E-state index contributed by atoms with van der Waals surface area (Å²) in [7, 11) is 2.91. The number of hydrogen-bond acceptors (Lipinski definition) is 2. The van der Waals surface area contributed by atoms with Gasteiger partial charge in [-0.15, -0.1) is 0 Å². The molecule has 1 aromatic carbocycles. The molecule has 1 fully saturated rings. The van der Waals surface area contributed by atoms with E-state index in [1.165, 1.54) is 11.9 Å². The number of nitrogens with zero attached hydrogens (tertiary/aromatic N) is 2. The van der Waals surface area contributed by atoms with Gasteiger partial charge in [-0.3, -0.25) is 9.69 Å². The molecule has 1 saturated heterocycles. The quantitative estimate of drug-likeness (QED) is 0.685. The Balaban J connectivity index is 1.98. The third-order valence-corrected chi connectivity index (χ3v) is 5.06. The van der Waals surface area contributed by atoms with Crippen LogP contribution in [0.3, 0.4) is 0 Å². The second kappa shape index (κ2) is 3.72. The Bertz CT molecular complexity index is 701. The Morgan fingerprint density at radius 3 is 2.48 bits per heavy atom. The van der Waals surface area contributed by atoms with Gasteiger partial charge in [-0.05, 0) is 11.1 Å². The van der Waals surface area contributed by atoms with Crippen molar-refractivity contribution < 1.29 is 14.0 Å². The van der Waals surface area contributed by atoms with Crippen LogP contribution in [0.2, 0.25) is 0 Å². The topological polar surface area (TPSA) is 40.6 Å². The number of rotatable bonds is 0. The molecule has 4 nitrogen and oxygen atoms in total. The normalized spacial score (nSPS) is 36.8. The summed E-state index contributed by atoms with van der Waals surface area (Å²) in [5.41, 5.74) is -0.209. The Morgan fingerprint density at radius 1 is 1.10 bits per heavy atom. The first-order valence-corrected chi connectivity index (χ1v) is 6.99. The second-order valence-corrected chi connectivity index (χ2v) is 5.99. The summed E-state index contributed by atoms with van der Waals surface area (Å²) in [4.78, 5) is 26.9. The summed E-state index contributed by atoms with van der Waals surface area (Å²) in [5, 5.41) is 0. The van der Waals surface area contributed by atoms with E-state index >= 15 is 4.39 Å². The number of imide groups is 1. The third kappa shape index (κ3) is 1.25. The predicted molar refractivity (Wildman–Crippen MR) is 74.6 cm³/mol. The molecule has 0 N–H and O–H groups in total. The van der Waals surface area contributed by atoms with Crippen LogP contribution < -0.4 is 0 Å². The highest BCUT2D eigenvalue weighted by molar-refractivity contribution is 6.03. The minimum atomic E-state index is -2.08. The van der Waals surface area contributed by atoms with Gasteiger partial charge in [-0.1, -0.05) is 36.4 Å². The lowest BCUT2D eigenvalue weighted by atomic mass is 9.59. The van der Waals surface area contributed by atoms with Gasteiger partial charge >= 0.3 is 6.03 Å². The van der Waals surface area contributed by atoms with E-state index in [1.807, 2.05) is 30.3 Å². The lowest BCUT2D eigenvalue weighted by Gasteiger charge is -2.55. The molecule has 5 rings (SSSR count). The predicted octanol–water partition coefficient (Wildman–Crippen LogP) is 2.04. The summed E-state index contributed by atoms with van der Waals surface area (Å²) < 4.78 is 15.8. The SMILES string of the molecule is CN1C(=O)N(C)[C@@H]2[C@H]3C=C[C@H](c4ccccc43)[C@]2(F)C1=O. The first-order chi connectivity index (χ1) is 9.98. The monoisotopic (exact) mass is 286 g/mol. The molecule has 0 unspecified atom stereocenters. The number of hydrogen-bond donors (Lipinski definition) is 0. The highest BCUT2D eigenvalue weighted by Gasteiger charge is 2.66. The lowest BCUT2D eigenvalue weighted by molar-refractivity contribution is -0.153. The van der Waals surface area contributed by atoms with E-state index in [9.17, 15) is 9.59 Å². The van der Waals surface area contributed by atoms with Crippen molar-refractivity contribution in [3.63, 3.8) is 0 Å². The molecule has 2 bridgehead atoms. The molecule has 1 aliphatic heterocycles. The standard InChI is InChI=1S/C16H15FN2O2/c1-18-13-11-7-8-12(10-6-4-3-5-9(10)11)16(13,17)14(20)19(2)15(18)21/h3-8,11-13H,1-2H3/t11-,12+,13+,16+/m0/s1. The molecule has 4 atom stereocenters. The van der Waals surface area contributed by atoms with Crippen LogP contribution >= 0.6 is 0 Å². The zero-order valence-corrected chi connectivity index (χ0v) is 11.8. The van der Waals surface area contributed by atoms with Crippen LogP contribution in [-0.4, -0.2) is 47.5 Å². The summed E-state index contributed by atoms with van der Waals surface area (Å²) in [6.45, 7) is 0. The van der Waals surface area contributed by atoms with E-state index in [1.54, 1.807) is 13.1 Å². The van der Waals surface area contributed by atoms with E-state index in [0.29, 0.717) is 0 Å². The number of urea groups is 1. The van der Waals surface area contributed by atoms with Crippen LogP contribution in [0.5, 0.6) is 0 Å². The summed E-state index contributed by atoms with van der Waals surface area (Å²) >= 11 is 0. The minimum absolute atomic E-state index is 0.275. The third-order valence-electron chi connectivity index (χ3n) is 5.06. The summed E-state index contributed by atoms with van der Waals surface area (Å²) in [6.07, 6.45) is 3.71. The van der Waals surface area contributed by atoms with Crippen molar-refractivity contribution in [2.24, 2.45) is 0 Å². The molecular formula is C16H15FN2O2. The van der Waals surface area contributed by atoms with Gasteiger partial charge < -0.3 is 4.90 Å². The van der Waals surface area contributed by atoms with Crippen LogP contribution in [-0.2, 0) is 4.79 Å². The minimum Gasteiger partial charge on any atom is -0.320 e. The van der Waals surface area contributed by atoms with Gasteiger partial charge in [0.05, 0.1) is 6.04 Å². The van der Waals surface area contributed by atoms with Gasteiger partial charge in [0.2, 0.25) is 5.67 Å². The molecule has 3 aliphatic carbocycles. The zero-order chi connectivity index (χ0) is 14.9. The van der Waals surface area contributed by atoms with E-state index in [-0.39, 0.29) is 5.92 Å². The van der Waals surface area contributed by atoms with Crippen molar-refractivity contribution in [1.82, 2.24) is 9.80 Å². The van der Waals surface area contributed by atoms with Crippen molar-refractivity contribution in [3.8, 4) is 0 Å². The summed E-state index contributed by atoms with van der Waals surface area (Å²) in [6, 6.07) is 6.38. The molecule has 4 aliphatic rings. The maximum absolute atomic E-state index is 15.8. The maximum Gasteiger partial charge on any atom is 0.326 e. The molecule has 0 aromatic heterocycles. The average Bonchev–Trinajstić information content (AvgIpc) is 2.51. The molecule has 1 heterocycles. The number of allylic oxidation sites excluding steroid dienone is 1.